The third-order valence-electron chi connectivity index (χ3n) is 5.35. The van der Waals surface area contributed by atoms with Crippen LogP contribution in [0.2, 0.25) is 0 Å². The lowest BCUT2D eigenvalue weighted by molar-refractivity contribution is 0.0949. The largest absolute Gasteiger partial charge is 0.454 e. The van der Waals surface area contributed by atoms with Gasteiger partial charge in [-0.2, -0.15) is 0 Å². The number of aromatic amines is 1. The zero-order valence-electron chi connectivity index (χ0n) is 17.1. The van der Waals surface area contributed by atoms with Crippen LogP contribution in [-0.4, -0.2) is 17.7 Å². The van der Waals surface area contributed by atoms with Gasteiger partial charge in [0.2, 0.25) is 6.79 Å². The maximum absolute atomic E-state index is 12.6. The highest BCUT2D eigenvalue weighted by Crippen LogP contribution is 2.32. The molecule has 0 spiro atoms. The Balaban J connectivity index is 1.28. The van der Waals surface area contributed by atoms with Crippen molar-refractivity contribution in [3.8, 4) is 33.9 Å². The van der Waals surface area contributed by atoms with E-state index in [1.54, 1.807) is 18.2 Å². The van der Waals surface area contributed by atoms with Crippen molar-refractivity contribution in [3.05, 3.63) is 106 Å². The second-order valence-corrected chi connectivity index (χ2v) is 7.43. The highest BCUT2D eigenvalue weighted by Gasteiger charge is 2.15. The number of amides is 1. The van der Waals surface area contributed by atoms with Gasteiger partial charge in [-0.05, 0) is 46.5 Å². The molecule has 0 aliphatic carbocycles. The van der Waals surface area contributed by atoms with Crippen molar-refractivity contribution < 1.29 is 14.3 Å². The fourth-order valence-corrected chi connectivity index (χ4v) is 3.62. The number of hydrogen-bond donors (Lipinski definition) is 2. The number of pyridine rings is 1. The molecule has 0 bridgehead atoms. The quantitative estimate of drug-likeness (QED) is 0.499. The molecule has 158 valence electrons. The van der Waals surface area contributed by atoms with E-state index in [2.05, 4.69) is 10.3 Å². The first-order valence-corrected chi connectivity index (χ1v) is 10.2. The van der Waals surface area contributed by atoms with Crippen LogP contribution in [0.1, 0.15) is 15.9 Å². The highest BCUT2D eigenvalue weighted by atomic mass is 16.7. The van der Waals surface area contributed by atoms with E-state index in [-0.39, 0.29) is 18.9 Å². The first-order valence-electron chi connectivity index (χ1n) is 10.2. The van der Waals surface area contributed by atoms with Crippen molar-refractivity contribution in [2.24, 2.45) is 0 Å². The summed E-state index contributed by atoms with van der Waals surface area (Å²) < 4.78 is 10.6. The second-order valence-electron chi connectivity index (χ2n) is 7.43. The number of rotatable bonds is 5. The third kappa shape index (κ3) is 3.98. The maximum Gasteiger partial charge on any atom is 0.261 e. The van der Waals surface area contributed by atoms with Gasteiger partial charge < -0.3 is 19.8 Å². The molecule has 0 saturated carbocycles. The van der Waals surface area contributed by atoms with Gasteiger partial charge in [0.15, 0.2) is 11.5 Å². The van der Waals surface area contributed by atoms with Crippen LogP contribution in [0.4, 0.5) is 0 Å². The van der Waals surface area contributed by atoms with Gasteiger partial charge in [-0.25, -0.2) is 0 Å². The zero-order valence-corrected chi connectivity index (χ0v) is 17.1. The van der Waals surface area contributed by atoms with Crippen LogP contribution in [0.3, 0.4) is 0 Å². The average molecular weight is 424 g/mol. The predicted octanol–water partition coefficient (Wildman–Crippen LogP) is 4.37. The molecule has 2 N–H and O–H groups in total. The summed E-state index contributed by atoms with van der Waals surface area (Å²) in [7, 11) is 0. The van der Waals surface area contributed by atoms with Crippen molar-refractivity contribution in [1.82, 2.24) is 10.3 Å². The van der Waals surface area contributed by atoms with Crippen molar-refractivity contribution in [1.29, 1.82) is 0 Å². The van der Waals surface area contributed by atoms with Crippen molar-refractivity contribution in [2.75, 3.05) is 6.79 Å². The third-order valence-corrected chi connectivity index (χ3v) is 5.35. The Kier molecular flexibility index (Phi) is 5.17. The molecule has 4 aromatic rings. The van der Waals surface area contributed by atoms with Crippen LogP contribution in [0.25, 0.3) is 22.4 Å². The fourth-order valence-electron chi connectivity index (χ4n) is 3.62. The summed E-state index contributed by atoms with van der Waals surface area (Å²) in [5, 5.41) is 2.78. The number of ether oxygens (including phenoxy) is 2. The molecule has 0 saturated heterocycles. The number of aromatic nitrogens is 1. The molecule has 0 fully saturated rings. The van der Waals surface area contributed by atoms with Crippen LogP contribution < -0.4 is 20.3 Å². The summed E-state index contributed by atoms with van der Waals surface area (Å²) in [6.07, 6.45) is 0. The zero-order chi connectivity index (χ0) is 21.9. The molecule has 32 heavy (non-hydrogen) atoms. The Morgan fingerprint density at radius 1 is 0.812 bits per heavy atom. The molecule has 0 radical (unpaired) electrons. The summed E-state index contributed by atoms with van der Waals surface area (Å²) >= 11 is 0. The first kappa shape index (κ1) is 19.6. The van der Waals surface area contributed by atoms with Gasteiger partial charge in [-0.15, -0.1) is 0 Å². The maximum atomic E-state index is 12.6. The summed E-state index contributed by atoms with van der Waals surface area (Å²) in [5.41, 5.74) is 4.23. The predicted molar refractivity (Wildman–Crippen MR) is 122 cm³/mol. The number of carbonyl (C=O) groups is 1. The smallest absolute Gasteiger partial charge is 0.261 e. The molecule has 0 unspecified atom stereocenters. The summed E-state index contributed by atoms with van der Waals surface area (Å²) in [6, 6.07) is 26.8. The molecule has 1 aromatic heterocycles. The van der Waals surface area contributed by atoms with E-state index in [9.17, 15) is 9.59 Å². The Labute approximate surface area is 184 Å². The van der Waals surface area contributed by atoms with Crippen molar-refractivity contribution >= 4 is 5.91 Å². The molecule has 1 aliphatic heterocycles. The summed E-state index contributed by atoms with van der Waals surface area (Å²) in [6.45, 7) is 0.472. The van der Waals surface area contributed by atoms with Gasteiger partial charge in [0.05, 0.1) is 0 Å². The van der Waals surface area contributed by atoms with Gasteiger partial charge in [0.1, 0.15) is 5.56 Å². The first-order chi connectivity index (χ1) is 15.7. The number of fused-ring (bicyclic) bond motifs is 1. The SMILES string of the molecule is O=C(NCc1ccc2c(c1)OCO2)c1ccc(-c2ccc(-c3ccccc3)cc2)[nH]c1=O. The second kappa shape index (κ2) is 8.43. The van der Waals surface area contributed by atoms with E-state index in [0.29, 0.717) is 17.2 Å². The minimum Gasteiger partial charge on any atom is -0.454 e. The molecule has 1 aliphatic rings. The normalized spacial score (nSPS) is 11.9. The molecule has 3 aromatic carbocycles. The van der Waals surface area contributed by atoms with Crippen LogP contribution in [-0.2, 0) is 6.54 Å². The molecular weight excluding hydrogens is 404 g/mol. The van der Waals surface area contributed by atoms with Crippen LogP contribution >= 0.6 is 0 Å². The van der Waals surface area contributed by atoms with Gasteiger partial charge in [-0.1, -0.05) is 60.7 Å². The van der Waals surface area contributed by atoms with Crippen molar-refractivity contribution in [3.63, 3.8) is 0 Å². The fraction of sp³-hybridized carbons (Fsp3) is 0.0769. The van der Waals surface area contributed by atoms with E-state index in [1.165, 1.54) is 0 Å². The van der Waals surface area contributed by atoms with E-state index < -0.39 is 11.5 Å². The van der Waals surface area contributed by atoms with Crippen molar-refractivity contribution in [2.45, 2.75) is 6.54 Å². The number of hydrogen-bond acceptors (Lipinski definition) is 4. The number of benzene rings is 3. The monoisotopic (exact) mass is 424 g/mol. The Morgan fingerprint density at radius 2 is 1.53 bits per heavy atom. The van der Waals surface area contributed by atoms with Gasteiger partial charge in [0.25, 0.3) is 11.5 Å². The van der Waals surface area contributed by atoms with Crippen LogP contribution in [0.15, 0.2) is 89.7 Å². The molecular formula is C26H20N2O4. The van der Waals surface area contributed by atoms with E-state index in [1.807, 2.05) is 66.7 Å². The molecule has 5 rings (SSSR count). The Hall–Kier alpha value is -4.32. The van der Waals surface area contributed by atoms with Crippen LogP contribution in [0, 0.1) is 0 Å². The summed E-state index contributed by atoms with van der Waals surface area (Å²) in [5.74, 6) is 0.899. The van der Waals surface area contributed by atoms with Gasteiger partial charge in [-0.3, -0.25) is 9.59 Å². The summed E-state index contributed by atoms with van der Waals surface area (Å²) in [4.78, 5) is 27.9. The Morgan fingerprint density at radius 3 is 2.31 bits per heavy atom. The molecule has 6 heteroatoms. The number of carbonyl (C=O) groups excluding carboxylic acids is 1. The lowest BCUT2D eigenvalue weighted by Crippen LogP contribution is -2.29. The topological polar surface area (TPSA) is 80.4 Å². The average Bonchev–Trinajstić information content (AvgIpc) is 3.31. The Bertz CT molecular complexity index is 1330. The van der Waals surface area contributed by atoms with Gasteiger partial charge >= 0.3 is 0 Å². The minimum atomic E-state index is -0.435. The minimum absolute atomic E-state index is 0.0652. The van der Waals surface area contributed by atoms with E-state index in [0.717, 1.165) is 22.3 Å². The van der Waals surface area contributed by atoms with E-state index in [4.69, 9.17) is 9.47 Å². The standard InChI is InChI=1S/C26H20N2O4/c29-25(27-15-17-6-13-23-24(14-17)32-16-31-23)21-11-12-22(28-26(21)30)20-9-7-19(8-10-20)18-4-2-1-3-5-18/h1-14H,15-16H2,(H,27,29)(H,28,30). The lowest BCUT2D eigenvalue weighted by atomic mass is 10.0. The van der Waals surface area contributed by atoms with Gasteiger partial charge in [0, 0.05) is 12.2 Å². The van der Waals surface area contributed by atoms with Crippen LogP contribution in [0.5, 0.6) is 11.5 Å². The molecule has 1 amide bonds. The highest BCUT2D eigenvalue weighted by molar-refractivity contribution is 5.94. The van der Waals surface area contributed by atoms with E-state index >= 15 is 0 Å². The number of nitrogens with one attached hydrogen (secondary N) is 2. The molecule has 2 heterocycles. The lowest BCUT2D eigenvalue weighted by Gasteiger charge is -2.08. The number of H-pyrrole nitrogens is 1. The molecule has 0 atom stereocenters. The molecule has 6 nitrogen and oxygen atoms in total.